The highest BCUT2D eigenvalue weighted by Gasteiger charge is 2.22. The molecular formula is C14H20BN3. The predicted molar refractivity (Wildman–Crippen MR) is 77.6 cm³/mol. The average Bonchev–Trinajstić information content (AvgIpc) is 2.73. The van der Waals surface area contributed by atoms with E-state index >= 15 is 0 Å². The van der Waals surface area contributed by atoms with Gasteiger partial charge in [0.25, 0.3) is 0 Å². The van der Waals surface area contributed by atoms with Crippen molar-refractivity contribution in [1.82, 2.24) is 14.8 Å². The van der Waals surface area contributed by atoms with Crippen LogP contribution in [0.4, 0.5) is 0 Å². The second-order valence-electron chi connectivity index (χ2n) is 5.65. The maximum atomic E-state index is 4.69. The Hall–Kier alpha value is -1.58. The fourth-order valence-electron chi connectivity index (χ4n) is 1.88. The Morgan fingerprint density at radius 2 is 1.89 bits per heavy atom. The van der Waals surface area contributed by atoms with Gasteiger partial charge < -0.3 is 0 Å². The van der Waals surface area contributed by atoms with Gasteiger partial charge in [0, 0.05) is 11.8 Å². The molecule has 0 amide bonds. The third-order valence-electron chi connectivity index (χ3n) is 3.00. The first-order valence-electron chi connectivity index (χ1n) is 6.46. The zero-order chi connectivity index (χ0) is 13.3. The van der Waals surface area contributed by atoms with Crippen LogP contribution >= 0.6 is 0 Å². The summed E-state index contributed by atoms with van der Waals surface area (Å²) >= 11 is 0. The lowest BCUT2D eigenvalue weighted by molar-refractivity contribution is 0.543. The molecule has 3 nitrogen and oxygen atoms in total. The molecule has 0 saturated heterocycles. The van der Waals surface area contributed by atoms with Crippen LogP contribution in [0.3, 0.4) is 0 Å². The van der Waals surface area contributed by atoms with Crippen LogP contribution in [0.2, 0.25) is 0 Å². The smallest absolute Gasteiger partial charge is 0.156 e. The maximum Gasteiger partial charge on any atom is 0.156 e. The van der Waals surface area contributed by atoms with Crippen molar-refractivity contribution < 1.29 is 0 Å². The molecule has 0 N–H and O–H groups in total. The molecule has 0 atom stereocenters. The molecule has 2 rings (SSSR count). The van der Waals surface area contributed by atoms with Crippen molar-refractivity contribution in [2.24, 2.45) is 0 Å². The number of aryl methyl sites for hydroxylation is 1. The SMILES string of the molecule is Bc1ccccc1-n1nc(C(C)(C)C)nc1CC. The van der Waals surface area contributed by atoms with Gasteiger partial charge in [-0.15, -0.1) is 0 Å². The van der Waals surface area contributed by atoms with Crippen molar-refractivity contribution in [2.75, 3.05) is 0 Å². The van der Waals surface area contributed by atoms with Gasteiger partial charge in [-0.3, -0.25) is 0 Å². The molecule has 1 aromatic carbocycles. The van der Waals surface area contributed by atoms with E-state index in [0.717, 1.165) is 23.8 Å². The lowest BCUT2D eigenvalue weighted by atomic mass is 9.94. The second kappa shape index (κ2) is 4.60. The van der Waals surface area contributed by atoms with Gasteiger partial charge in [0.15, 0.2) is 5.82 Å². The third kappa shape index (κ3) is 2.33. The molecule has 1 heterocycles. The van der Waals surface area contributed by atoms with Gasteiger partial charge in [0.1, 0.15) is 13.7 Å². The summed E-state index contributed by atoms with van der Waals surface area (Å²) in [5, 5.41) is 4.69. The summed E-state index contributed by atoms with van der Waals surface area (Å²) in [5.74, 6) is 1.93. The Balaban J connectivity index is 2.58. The highest BCUT2D eigenvalue weighted by molar-refractivity contribution is 6.34. The number of hydrogen-bond donors (Lipinski definition) is 0. The summed E-state index contributed by atoms with van der Waals surface area (Å²) in [5.41, 5.74) is 2.33. The Bertz CT molecular complexity index is 552. The molecule has 1 aromatic heterocycles. The number of benzene rings is 1. The Morgan fingerprint density at radius 3 is 2.44 bits per heavy atom. The van der Waals surface area contributed by atoms with Crippen molar-refractivity contribution in [1.29, 1.82) is 0 Å². The van der Waals surface area contributed by atoms with Crippen LogP contribution in [0.15, 0.2) is 24.3 Å². The van der Waals surface area contributed by atoms with Crippen molar-refractivity contribution in [3.63, 3.8) is 0 Å². The van der Waals surface area contributed by atoms with Gasteiger partial charge in [-0.2, -0.15) is 5.10 Å². The zero-order valence-electron chi connectivity index (χ0n) is 11.9. The van der Waals surface area contributed by atoms with E-state index in [1.165, 1.54) is 5.46 Å². The predicted octanol–water partition coefficient (Wildman–Crippen LogP) is 1.39. The van der Waals surface area contributed by atoms with Crippen molar-refractivity contribution in [3.05, 3.63) is 35.9 Å². The van der Waals surface area contributed by atoms with Crippen LogP contribution in [0, 0.1) is 0 Å². The Labute approximate surface area is 110 Å². The summed E-state index contributed by atoms with van der Waals surface area (Å²) in [4.78, 5) is 4.67. The van der Waals surface area contributed by atoms with E-state index in [0.29, 0.717) is 0 Å². The average molecular weight is 241 g/mol. The Kier molecular flexibility index (Phi) is 3.29. The number of aromatic nitrogens is 3. The molecule has 0 bridgehead atoms. The number of nitrogens with zero attached hydrogens (tertiary/aromatic N) is 3. The molecular weight excluding hydrogens is 221 g/mol. The molecule has 2 aromatic rings. The largest absolute Gasteiger partial charge is 0.218 e. The molecule has 0 saturated carbocycles. The normalized spacial score (nSPS) is 11.8. The molecule has 94 valence electrons. The third-order valence-corrected chi connectivity index (χ3v) is 3.00. The van der Waals surface area contributed by atoms with Crippen LogP contribution in [0.5, 0.6) is 0 Å². The molecule has 0 aliphatic rings. The minimum Gasteiger partial charge on any atom is -0.218 e. The van der Waals surface area contributed by atoms with E-state index in [2.05, 4.69) is 57.8 Å². The van der Waals surface area contributed by atoms with Crippen LogP contribution in [0.25, 0.3) is 5.69 Å². The molecule has 0 aliphatic carbocycles. The van der Waals surface area contributed by atoms with Crippen LogP contribution < -0.4 is 5.46 Å². The minimum atomic E-state index is -0.0160. The molecule has 0 radical (unpaired) electrons. The molecule has 4 heteroatoms. The highest BCUT2D eigenvalue weighted by Crippen LogP contribution is 2.20. The fourth-order valence-corrected chi connectivity index (χ4v) is 1.88. The summed E-state index contributed by atoms with van der Waals surface area (Å²) < 4.78 is 1.98. The number of rotatable bonds is 2. The topological polar surface area (TPSA) is 30.7 Å². The Morgan fingerprint density at radius 1 is 1.22 bits per heavy atom. The first kappa shape index (κ1) is 12.9. The maximum absolute atomic E-state index is 4.69. The summed E-state index contributed by atoms with van der Waals surface area (Å²) in [7, 11) is 2.10. The highest BCUT2D eigenvalue weighted by atomic mass is 15.4. The minimum absolute atomic E-state index is 0.0160. The van der Waals surface area contributed by atoms with Gasteiger partial charge in [0.2, 0.25) is 0 Å². The van der Waals surface area contributed by atoms with Crippen LogP contribution in [0.1, 0.15) is 39.3 Å². The van der Waals surface area contributed by atoms with E-state index in [-0.39, 0.29) is 5.41 Å². The van der Waals surface area contributed by atoms with Crippen molar-refractivity contribution in [3.8, 4) is 5.69 Å². The molecule has 0 aliphatic heterocycles. The molecule has 18 heavy (non-hydrogen) atoms. The van der Waals surface area contributed by atoms with Crippen molar-refractivity contribution in [2.45, 2.75) is 39.5 Å². The quantitative estimate of drug-likeness (QED) is 0.744. The van der Waals surface area contributed by atoms with E-state index < -0.39 is 0 Å². The molecule has 0 spiro atoms. The van der Waals surface area contributed by atoms with E-state index in [1.54, 1.807) is 0 Å². The van der Waals surface area contributed by atoms with E-state index in [9.17, 15) is 0 Å². The van der Waals surface area contributed by atoms with Gasteiger partial charge in [-0.1, -0.05) is 51.4 Å². The van der Waals surface area contributed by atoms with Gasteiger partial charge >= 0.3 is 0 Å². The first-order chi connectivity index (χ1) is 8.43. The van der Waals surface area contributed by atoms with Crippen molar-refractivity contribution >= 4 is 13.3 Å². The first-order valence-corrected chi connectivity index (χ1v) is 6.46. The standard InChI is InChI=1S/C14H20BN3/c1-5-12-16-13(14(2,3)4)17-18(12)11-9-7-6-8-10(11)15/h6-9H,5,15H2,1-4H3. The lowest BCUT2D eigenvalue weighted by Gasteiger charge is -2.12. The van der Waals surface area contributed by atoms with E-state index in [1.807, 2.05) is 16.8 Å². The molecule has 0 fully saturated rings. The lowest BCUT2D eigenvalue weighted by Crippen LogP contribution is -2.17. The van der Waals surface area contributed by atoms with Crippen LogP contribution in [-0.4, -0.2) is 22.6 Å². The number of hydrogen-bond acceptors (Lipinski definition) is 2. The zero-order valence-corrected chi connectivity index (χ0v) is 11.9. The van der Waals surface area contributed by atoms with Gasteiger partial charge in [0.05, 0.1) is 5.69 Å². The summed E-state index contributed by atoms with van der Waals surface area (Å²) in [6.07, 6.45) is 0.886. The van der Waals surface area contributed by atoms with E-state index in [4.69, 9.17) is 0 Å². The second-order valence-corrected chi connectivity index (χ2v) is 5.65. The van der Waals surface area contributed by atoms with Crippen LogP contribution in [-0.2, 0) is 11.8 Å². The summed E-state index contributed by atoms with van der Waals surface area (Å²) in [6, 6.07) is 8.29. The van der Waals surface area contributed by atoms with Gasteiger partial charge in [-0.05, 0) is 6.07 Å². The van der Waals surface area contributed by atoms with Gasteiger partial charge in [-0.25, -0.2) is 9.67 Å². The molecule has 0 unspecified atom stereocenters. The monoisotopic (exact) mass is 241 g/mol. The summed E-state index contributed by atoms with van der Waals surface area (Å²) in [6.45, 7) is 8.54. The number of para-hydroxylation sites is 1. The fraction of sp³-hybridized carbons (Fsp3) is 0.429.